The molecule has 0 heterocycles. The number of nitrogens with zero attached hydrogens (tertiary/aromatic N) is 2. The molecule has 0 aliphatic rings. The van der Waals surface area contributed by atoms with E-state index in [2.05, 4.69) is 5.16 Å². The molecule has 0 saturated carbocycles. The van der Waals surface area contributed by atoms with Crippen LogP contribution in [0.2, 0.25) is 0 Å². The van der Waals surface area contributed by atoms with Crippen molar-refractivity contribution in [3.8, 4) is 0 Å². The Bertz CT molecular complexity index is 185. The van der Waals surface area contributed by atoms with E-state index in [4.69, 9.17) is 10.9 Å². The number of alkyl halides is 2. The summed E-state index contributed by atoms with van der Waals surface area (Å²) in [7, 11) is 0. The maximum Gasteiger partial charge on any atom is 0.251 e. The third kappa shape index (κ3) is 5.69. The monoisotopic (exact) mass is 209 g/mol. The summed E-state index contributed by atoms with van der Waals surface area (Å²) in [6.45, 7) is 3.75. The van der Waals surface area contributed by atoms with Crippen LogP contribution >= 0.6 is 0 Å². The van der Waals surface area contributed by atoms with Crippen molar-refractivity contribution in [2.45, 2.75) is 32.7 Å². The van der Waals surface area contributed by atoms with Crippen LogP contribution in [-0.2, 0) is 0 Å². The van der Waals surface area contributed by atoms with Gasteiger partial charge in [-0.1, -0.05) is 5.16 Å². The molecule has 0 fully saturated rings. The Kier molecular flexibility index (Phi) is 6.11. The van der Waals surface area contributed by atoms with E-state index < -0.39 is 6.43 Å². The highest BCUT2D eigenvalue weighted by Crippen LogP contribution is 2.04. The molecule has 3 N–H and O–H groups in total. The van der Waals surface area contributed by atoms with Gasteiger partial charge in [0.2, 0.25) is 0 Å². The lowest BCUT2D eigenvalue weighted by molar-refractivity contribution is 0.0746. The average Bonchev–Trinajstić information content (AvgIpc) is 2.10. The predicted octanol–water partition coefficient (Wildman–Crippen LogP) is 1.10. The van der Waals surface area contributed by atoms with E-state index in [1.165, 1.54) is 0 Å². The fourth-order valence-electron chi connectivity index (χ4n) is 1.05. The largest absolute Gasteiger partial charge is 0.409 e. The first kappa shape index (κ1) is 13.1. The summed E-state index contributed by atoms with van der Waals surface area (Å²) in [6, 6.07) is 0.0236. The minimum Gasteiger partial charge on any atom is -0.409 e. The van der Waals surface area contributed by atoms with E-state index in [1.807, 2.05) is 13.8 Å². The van der Waals surface area contributed by atoms with Crippen LogP contribution in [0.15, 0.2) is 5.16 Å². The standard InChI is InChI=1S/C8H17F2N3O/c1-6(2)13(5-7(9)10)4-3-8(11)12-14/h6-7,14H,3-5H2,1-2H3,(H2,11,12). The van der Waals surface area contributed by atoms with Crippen LogP contribution in [0.1, 0.15) is 20.3 Å². The number of rotatable bonds is 6. The van der Waals surface area contributed by atoms with Gasteiger partial charge in [0.25, 0.3) is 6.43 Å². The van der Waals surface area contributed by atoms with Crippen LogP contribution in [0.3, 0.4) is 0 Å². The van der Waals surface area contributed by atoms with E-state index in [-0.39, 0.29) is 18.4 Å². The molecule has 0 aliphatic heterocycles. The summed E-state index contributed by atoms with van der Waals surface area (Å²) in [5.41, 5.74) is 5.24. The van der Waals surface area contributed by atoms with Gasteiger partial charge in [-0.15, -0.1) is 0 Å². The lowest BCUT2D eigenvalue weighted by atomic mass is 10.2. The second-order valence-electron chi connectivity index (χ2n) is 3.32. The topological polar surface area (TPSA) is 61.8 Å². The van der Waals surface area contributed by atoms with E-state index in [1.54, 1.807) is 4.90 Å². The summed E-state index contributed by atoms with van der Waals surface area (Å²) in [4.78, 5) is 1.59. The summed E-state index contributed by atoms with van der Waals surface area (Å²) in [5.74, 6) is 0.0601. The molecule has 0 aromatic heterocycles. The molecular formula is C8H17F2N3O. The number of hydrogen-bond acceptors (Lipinski definition) is 3. The van der Waals surface area contributed by atoms with Gasteiger partial charge in [0.15, 0.2) is 0 Å². The zero-order valence-corrected chi connectivity index (χ0v) is 8.45. The van der Waals surface area contributed by atoms with Crippen LogP contribution in [-0.4, -0.2) is 41.5 Å². The average molecular weight is 209 g/mol. The molecule has 84 valence electrons. The van der Waals surface area contributed by atoms with Gasteiger partial charge in [-0.25, -0.2) is 8.78 Å². The molecule has 0 aromatic carbocycles. The van der Waals surface area contributed by atoms with E-state index >= 15 is 0 Å². The van der Waals surface area contributed by atoms with E-state index in [9.17, 15) is 8.78 Å². The summed E-state index contributed by atoms with van der Waals surface area (Å²) in [5, 5.41) is 11.0. The quantitative estimate of drug-likeness (QED) is 0.298. The fourth-order valence-corrected chi connectivity index (χ4v) is 1.05. The van der Waals surface area contributed by atoms with E-state index in [0.29, 0.717) is 13.0 Å². The molecular weight excluding hydrogens is 192 g/mol. The Morgan fingerprint density at radius 3 is 2.43 bits per heavy atom. The van der Waals surface area contributed by atoms with Crippen molar-refractivity contribution in [1.29, 1.82) is 0 Å². The molecule has 0 unspecified atom stereocenters. The van der Waals surface area contributed by atoms with Crippen molar-refractivity contribution in [2.75, 3.05) is 13.1 Å². The predicted molar refractivity (Wildman–Crippen MR) is 50.7 cm³/mol. The van der Waals surface area contributed by atoms with Crippen molar-refractivity contribution in [3.63, 3.8) is 0 Å². The second-order valence-corrected chi connectivity index (χ2v) is 3.32. The molecule has 0 atom stereocenters. The van der Waals surface area contributed by atoms with Gasteiger partial charge in [-0.3, -0.25) is 4.90 Å². The first-order valence-electron chi connectivity index (χ1n) is 4.46. The fraction of sp³-hybridized carbons (Fsp3) is 0.875. The minimum absolute atomic E-state index is 0.0236. The van der Waals surface area contributed by atoms with Crippen molar-refractivity contribution in [2.24, 2.45) is 10.9 Å². The van der Waals surface area contributed by atoms with Crippen LogP contribution in [0.25, 0.3) is 0 Å². The molecule has 6 heteroatoms. The van der Waals surface area contributed by atoms with Crippen molar-refractivity contribution >= 4 is 5.84 Å². The number of hydrogen-bond donors (Lipinski definition) is 2. The van der Waals surface area contributed by atoms with Crippen LogP contribution in [0, 0.1) is 0 Å². The summed E-state index contributed by atoms with van der Waals surface area (Å²) < 4.78 is 24.2. The van der Waals surface area contributed by atoms with Gasteiger partial charge in [-0.2, -0.15) is 0 Å². The van der Waals surface area contributed by atoms with Gasteiger partial charge >= 0.3 is 0 Å². The molecule has 0 aromatic rings. The molecule has 0 rings (SSSR count). The Balaban J connectivity index is 3.97. The van der Waals surface area contributed by atoms with Gasteiger partial charge in [0.05, 0.1) is 6.54 Å². The van der Waals surface area contributed by atoms with Gasteiger partial charge in [-0.05, 0) is 13.8 Å². The van der Waals surface area contributed by atoms with Gasteiger partial charge < -0.3 is 10.9 Å². The Morgan fingerprint density at radius 2 is 2.07 bits per heavy atom. The van der Waals surface area contributed by atoms with E-state index in [0.717, 1.165) is 0 Å². The maximum absolute atomic E-state index is 12.1. The summed E-state index contributed by atoms with van der Waals surface area (Å²) in [6.07, 6.45) is -2.06. The third-order valence-electron chi connectivity index (χ3n) is 1.89. The number of oxime groups is 1. The normalized spacial score (nSPS) is 13.2. The lowest BCUT2D eigenvalue weighted by Gasteiger charge is -2.25. The summed E-state index contributed by atoms with van der Waals surface area (Å²) >= 11 is 0. The highest BCUT2D eigenvalue weighted by molar-refractivity contribution is 5.79. The number of halogens is 2. The Labute approximate surface area is 82.4 Å². The zero-order chi connectivity index (χ0) is 11.1. The first-order chi connectivity index (χ1) is 6.47. The molecule has 4 nitrogen and oxygen atoms in total. The molecule has 14 heavy (non-hydrogen) atoms. The third-order valence-corrected chi connectivity index (χ3v) is 1.89. The second kappa shape index (κ2) is 6.53. The van der Waals surface area contributed by atoms with Crippen LogP contribution < -0.4 is 5.73 Å². The maximum atomic E-state index is 12.1. The van der Waals surface area contributed by atoms with Crippen molar-refractivity contribution in [1.82, 2.24) is 4.90 Å². The van der Waals surface area contributed by atoms with Crippen molar-refractivity contribution < 1.29 is 14.0 Å². The molecule has 0 spiro atoms. The highest BCUT2D eigenvalue weighted by atomic mass is 19.3. The molecule has 0 radical (unpaired) electrons. The molecule has 0 aliphatic carbocycles. The molecule has 0 bridgehead atoms. The zero-order valence-electron chi connectivity index (χ0n) is 8.45. The van der Waals surface area contributed by atoms with Crippen LogP contribution in [0.5, 0.6) is 0 Å². The Hall–Kier alpha value is -0.910. The first-order valence-corrected chi connectivity index (χ1v) is 4.46. The smallest absolute Gasteiger partial charge is 0.251 e. The van der Waals surface area contributed by atoms with Gasteiger partial charge in [0.1, 0.15) is 5.84 Å². The molecule has 0 saturated heterocycles. The minimum atomic E-state index is -2.36. The highest BCUT2D eigenvalue weighted by Gasteiger charge is 2.15. The lowest BCUT2D eigenvalue weighted by Crippen LogP contribution is -2.37. The van der Waals surface area contributed by atoms with Crippen molar-refractivity contribution in [3.05, 3.63) is 0 Å². The number of amidine groups is 1. The molecule has 0 amide bonds. The Morgan fingerprint density at radius 1 is 1.50 bits per heavy atom. The van der Waals surface area contributed by atoms with Gasteiger partial charge in [0, 0.05) is 19.0 Å². The SMILES string of the molecule is CC(C)N(CCC(N)=NO)CC(F)F. The van der Waals surface area contributed by atoms with Crippen LogP contribution in [0.4, 0.5) is 8.78 Å². The number of nitrogens with two attached hydrogens (primary N) is 1.